The summed E-state index contributed by atoms with van der Waals surface area (Å²) in [5.74, 6) is -7.06. The molecule has 0 heterocycles. The van der Waals surface area contributed by atoms with E-state index in [1.54, 1.807) is 25.1 Å². The summed E-state index contributed by atoms with van der Waals surface area (Å²) >= 11 is 0. The van der Waals surface area contributed by atoms with Crippen molar-refractivity contribution in [3.63, 3.8) is 0 Å². The number of primary amides is 1. The van der Waals surface area contributed by atoms with Gasteiger partial charge in [0.1, 0.15) is 22.8 Å². The standard InChI is InChI=1S/C24H27N3O8/c1-9(28)26-8-11-6-14(27(2)3)13-5-10-4-12-7-15(29)18(23(25)34)22(33)24(12,35)21(32)16(10)20(31)17(13)19(11)30/h6,10,12,29-30,32,35H,4-5,7-8H2,1-3H3,(H2,25,34)(H,26,28)/t10-,12+,24+/m1/s1. The molecule has 35 heavy (non-hydrogen) atoms. The smallest absolute Gasteiger partial charge is 0.255 e. The number of benzene rings is 1. The second kappa shape index (κ2) is 8.12. The largest absolute Gasteiger partial charge is 0.511 e. The quantitative estimate of drug-likeness (QED) is 0.325. The Morgan fingerprint density at radius 1 is 1.20 bits per heavy atom. The van der Waals surface area contributed by atoms with Crippen molar-refractivity contribution in [1.29, 1.82) is 0 Å². The highest BCUT2D eigenvalue weighted by molar-refractivity contribution is 6.24. The van der Waals surface area contributed by atoms with Crippen molar-refractivity contribution in [2.45, 2.75) is 38.3 Å². The van der Waals surface area contributed by atoms with Crippen molar-refractivity contribution in [2.24, 2.45) is 17.6 Å². The molecule has 1 aromatic rings. The number of fused-ring (bicyclic) bond motifs is 3. The molecule has 0 bridgehead atoms. The zero-order chi connectivity index (χ0) is 26.0. The summed E-state index contributed by atoms with van der Waals surface area (Å²) in [6.07, 6.45) is -0.0170. The number of ketones is 2. The maximum Gasteiger partial charge on any atom is 0.255 e. The van der Waals surface area contributed by atoms with Gasteiger partial charge in [-0.2, -0.15) is 0 Å². The van der Waals surface area contributed by atoms with Crippen molar-refractivity contribution in [1.82, 2.24) is 5.32 Å². The number of hydrogen-bond donors (Lipinski definition) is 6. The average Bonchev–Trinajstić information content (AvgIpc) is 2.75. The topological polar surface area (TPSA) is 190 Å². The number of carbonyl (C=O) groups is 4. The molecule has 3 aliphatic rings. The normalized spacial score (nSPS) is 25.6. The van der Waals surface area contributed by atoms with E-state index in [9.17, 15) is 39.6 Å². The molecule has 186 valence electrons. The van der Waals surface area contributed by atoms with Crippen molar-refractivity contribution >= 4 is 29.1 Å². The molecule has 11 heteroatoms. The maximum absolute atomic E-state index is 13.7. The summed E-state index contributed by atoms with van der Waals surface area (Å²) in [5, 5.41) is 46.2. The van der Waals surface area contributed by atoms with Gasteiger partial charge in [-0.25, -0.2) is 0 Å². The third-order valence-corrected chi connectivity index (χ3v) is 7.13. The Morgan fingerprint density at radius 3 is 2.43 bits per heavy atom. The van der Waals surface area contributed by atoms with Gasteiger partial charge in [-0.05, 0) is 30.4 Å². The van der Waals surface area contributed by atoms with Crippen molar-refractivity contribution in [3.05, 3.63) is 45.4 Å². The van der Waals surface area contributed by atoms with Crippen LogP contribution in [0.1, 0.15) is 41.3 Å². The Balaban J connectivity index is 1.90. The number of nitrogens with one attached hydrogen (secondary N) is 1. The number of Topliss-reactive ketones (excluding diaryl/α,β-unsaturated/α-hetero) is 2. The summed E-state index contributed by atoms with van der Waals surface area (Å²) in [5.41, 5.74) is 2.90. The minimum atomic E-state index is -2.61. The van der Waals surface area contributed by atoms with Crippen molar-refractivity contribution < 1.29 is 39.6 Å². The fourth-order valence-corrected chi connectivity index (χ4v) is 5.48. The van der Waals surface area contributed by atoms with Crippen LogP contribution in [-0.4, -0.2) is 63.5 Å². The van der Waals surface area contributed by atoms with Crippen LogP contribution in [0, 0.1) is 11.8 Å². The van der Waals surface area contributed by atoms with Gasteiger partial charge in [0.15, 0.2) is 11.4 Å². The Hall–Kier alpha value is -3.86. The highest BCUT2D eigenvalue weighted by Crippen LogP contribution is 2.52. The number of aliphatic hydroxyl groups is 3. The number of allylic oxidation sites excluding steroid dienone is 2. The van der Waals surface area contributed by atoms with E-state index in [0.29, 0.717) is 11.3 Å². The molecule has 0 radical (unpaired) electrons. The Morgan fingerprint density at radius 2 is 1.86 bits per heavy atom. The van der Waals surface area contributed by atoms with E-state index in [4.69, 9.17) is 5.73 Å². The number of hydrogen-bond acceptors (Lipinski definition) is 9. The third kappa shape index (κ3) is 3.45. The predicted octanol–water partition coefficient (Wildman–Crippen LogP) is 0.283. The maximum atomic E-state index is 13.7. The number of nitrogens with two attached hydrogens (primary N) is 1. The molecular weight excluding hydrogens is 458 g/mol. The van der Waals surface area contributed by atoms with Crippen LogP contribution in [0.2, 0.25) is 0 Å². The van der Waals surface area contributed by atoms with E-state index in [0.717, 1.165) is 0 Å². The summed E-state index contributed by atoms with van der Waals surface area (Å²) in [4.78, 5) is 51.6. The molecule has 3 aliphatic carbocycles. The number of carbonyl (C=O) groups excluding carboxylic acids is 4. The first kappa shape index (κ1) is 24.3. The van der Waals surface area contributed by atoms with Gasteiger partial charge in [-0.3, -0.25) is 19.2 Å². The Labute approximate surface area is 200 Å². The zero-order valence-corrected chi connectivity index (χ0v) is 19.5. The Kier molecular flexibility index (Phi) is 5.63. The molecule has 2 amide bonds. The molecular formula is C24H27N3O8. The van der Waals surface area contributed by atoms with Crippen molar-refractivity contribution in [3.8, 4) is 5.75 Å². The van der Waals surface area contributed by atoms with Gasteiger partial charge in [0.2, 0.25) is 11.7 Å². The van der Waals surface area contributed by atoms with Gasteiger partial charge in [0, 0.05) is 56.7 Å². The number of nitrogens with zero attached hydrogens (tertiary/aromatic N) is 1. The van der Waals surface area contributed by atoms with Gasteiger partial charge in [0.05, 0.1) is 5.56 Å². The molecule has 3 atom stereocenters. The number of amides is 2. The number of phenols is 1. The van der Waals surface area contributed by atoms with Crippen LogP contribution in [0.4, 0.5) is 5.69 Å². The van der Waals surface area contributed by atoms with Crippen LogP contribution < -0.4 is 16.0 Å². The highest BCUT2D eigenvalue weighted by Gasteiger charge is 2.59. The third-order valence-electron chi connectivity index (χ3n) is 7.13. The van der Waals surface area contributed by atoms with Gasteiger partial charge < -0.3 is 36.4 Å². The molecule has 0 saturated carbocycles. The molecule has 0 spiro atoms. The van der Waals surface area contributed by atoms with E-state index in [1.807, 2.05) is 0 Å². The molecule has 0 aromatic heterocycles. The minimum absolute atomic E-state index is 0.0480. The van der Waals surface area contributed by atoms with E-state index in [-0.39, 0.29) is 54.2 Å². The fraction of sp³-hybridized carbons (Fsp3) is 0.417. The van der Waals surface area contributed by atoms with E-state index in [1.165, 1.54) is 6.92 Å². The van der Waals surface area contributed by atoms with Gasteiger partial charge >= 0.3 is 0 Å². The highest BCUT2D eigenvalue weighted by atomic mass is 16.3. The number of aromatic hydroxyl groups is 1. The molecule has 0 saturated heterocycles. The van der Waals surface area contributed by atoms with Crippen LogP contribution in [0.5, 0.6) is 5.75 Å². The van der Waals surface area contributed by atoms with Crippen LogP contribution in [0.3, 0.4) is 0 Å². The average molecular weight is 485 g/mol. The number of anilines is 1. The van der Waals surface area contributed by atoms with E-state index in [2.05, 4.69) is 5.32 Å². The lowest BCUT2D eigenvalue weighted by molar-refractivity contribution is -0.144. The van der Waals surface area contributed by atoms with Crippen LogP contribution in [0.15, 0.2) is 28.7 Å². The molecule has 0 aliphatic heterocycles. The van der Waals surface area contributed by atoms with E-state index < -0.39 is 52.0 Å². The Bertz CT molecular complexity index is 1260. The van der Waals surface area contributed by atoms with Crippen LogP contribution in [-0.2, 0) is 27.3 Å². The van der Waals surface area contributed by atoms with Crippen LogP contribution >= 0.6 is 0 Å². The fourth-order valence-electron chi connectivity index (χ4n) is 5.48. The zero-order valence-electron chi connectivity index (χ0n) is 19.5. The first-order valence-electron chi connectivity index (χ1n) is 11.1. The lowest BCUT2D eigenvalue weighted by atomic mass is 9.60. The first-order chi connectivity index (χ1) is 16.3. The molecule has 4 rings (SSSR count). The minimum Gasteiger partial charge on any atom is -0.511 e. The summed E-state index contributed by atoms with van der Waals surface area (Å²) in [7, 11) is 3.52. The molecule has 0 fully saturated rings. The summed E-state index contributed by atoms with van der Waals surface area (Å²) in [6, 6.07) is 1.67. The second-order valence-electron chi connectivity index (χ2n) is 9.47. The van der Waals surface area contributed by atoms with Gasteiger partial charge in [-0.15, -0.1) is 0 Å². The van der Waals surface area contributed by atoms with Gasteiger partial charge in [0.25, 0.3) is 5.91 Å². The SMILES string of the molecule is CC(=O)NCc1cc(N(C)C)c2c(c1O)C(=O)C1=C(O)[C@]3(O)C(=O)C(C(N)=O)=C(O)C[C@@H]3C[C@@H]1C2. The summed E-state index contributed by atoms with van der Waals surface area (Å²) in [6.45, 7) is 1.27. The molecule has 0 unspecified atom stereocenters. The monoisotopic (exact) mass is 485 g/mol. The van der Waals surface area contributed by atoms with Crippen LogP contribution in [0.25, 0.3) is 0 Å². The molecule has 7 N–H and O–H groups in total. The number of rotatable bonds is 4. The lowest BCUT2D eigenvalue weighted by Gasteiger charge is -2.46. The molecule has 1 aromatic carbocycles. The van der Waals surface area contributed by atoms with Gasteiger partial charge in [-0.1, -0.05) is 0 Å². The van der Waals surface area contributed by atoms with Crippen molar-refractivity contribution in [2.75, 3.05) is 19.0 Å². The van der Waals surface area contributed by atoms with E-state index >= 15 is 0 Å². The summed E-state index contributed by atoms with van der Waals surface area (Å²) < 4.78 is 0. The predicted molar refractivity (Wildman–Crippen MR) is 123 cm³/mol. The molecule has 11 nitrogen and oxygen atoms in total. The lowest BCUT2D eigenvalue weighted by Crippen LogP contribution is -2.57. The second-order valence-corrected chi connectivity index (χ2v) is 9.47. The number of phenolic OH excluding ortho intramolecular Hbond substituents is 1. The first-order valence-corrected chi connectivity index (χ1v) is 11.1. The number of aliphatic hydroxyl groups excluding tert-OH is 2.